The predicted molar refractivity (Wildman–Crippen MR) is 69.5 cm³/mol. The summed E-state index contributed by atoms with van der Waals surface area (Å²) in [5.74, 6) is -0.765. The number of hydrogen-bond donors (Lipinski definition) is 1. The average molecular weight is 282 g/mol. The largest absolute Gasteiger partial charge is 0.465 e. The third-order valence-corrected chi connectivity index (χ3v) is 5.24. The van der Waals surface area contributed by atoms with Crippen molar-refractivity contribution in [1.82, 2.24) is 0 Å². The van der Waals surface area contributed by atoms with E-state index in [-0.39, 0.29) is 54.2 Å². The van der Waals surface area contributed by atoms with Gasteiger partial charge in [0.15, 0.2) is 0 Å². The summed E-state index contributed by atoms with van der Waals surface area (Å²) in [6, 6.07) is 0. The molecule has 1 aliphatic heterocycles. The van der Waals surface area contributed by atoms with E-state index in [1.165, 1.54) is 0 Å². The van der Waals surface area contributed by atoms with Crippen molar-refractivity contribution in [1.29, 1.82) is 0 Å². The second-order valence-corrected chi connectivity index (χ2v) is 6.20. The van der Waals surface area contributed by atoms with Gasteiger partial charge in [-0.1, -0.05) is 6.92 Å². The lowest BCUT2D eigenvalue weighted by Gasteiger charge is -2.48. The Kier molecular flexibility index (Phi) is 3.71. The molecule has 0 amide bonds. The highest BCUT2D eigenvalue weighted by atomic mass is 16.6. The first kappa shape index (κ1) is 13.9. The molecule has 4 bridgehead atoms. The summed E-state index contributed by atoms with van der Waals surface area (Å²) in [5.41, 5.74) is 0. The maximum atomic E-state index is 12.3. The van der Waals surface area contributed by atoms with Crippen LogP contribution >= 0.6 is 0 Å². The molecular formula is C15H22O5. The Morgan fingerprint density at radius 3 is 2.85 bits per heavy atom. The number of hydrogen-bond acceptors (Lipinski definition) is 5. The summed E-state index contributed by atoms with van der Waals surface area (Å²) < 4.78 is 10.8. The number of aliphatic hydroxyl groups is 1. The number of fused-ring (bicyclic) bond motifs is 1. The minimum absolute atomic E-state index is 0.0727. The predicted octanol–water partition coefficient (Wildman–Crippen LogP) is 1.14. The zero-order chi connectivity index (χ0) is 14.3. The molecule has 0 aromatic rings. The third-order valence-electron chi connectivity index (χ3n) is 5.24. The van der Waals surface area contributed by atoms with Crippen LogP contribution < -0.4 is 0 Å². The molecule has 4 fully saturated rings. The number of ether oxygens (including phenoxy) is 2. The van der Waals surface area contributed by atoms with Crippen LogP contribution in [0.2, 0.25) is 0 Å². The van der Waals surface area contributed by atoms with Gasteiger partial charge in [-0.05, 0) is 31.6 Å². The molecular weight excluding hydrogens is 260 g/mol. The zero-order valence-corrected chi connectivity index (χ0v) is 11.8. The van der Waals surface area contributed by atoms with Crippen LogP contribution in [-0.4, -0.2) is 36.4 Å². The first-order valence-corrected chi connectivity index (χ1v) is 7.67. The van der Waals surface area contributed by atoms with Crippen LogP contribution in [0, 0.1) is 29.6 Å². The minimum atomic E-state index is -0.358. The van der Waals surface area contributed by atoms with Gasteiger partial charge in [-0.3, -0.25) is 9.59 Å². The lowest BCUT2D eigenvalue weighted by molar-refractivity contribution is -0.163. The van der Waals surface area contributed by atoms with E-state index in [0.717, 1.165) is 19.3 Å². The van der Waals surface area contributed by atoms with Crippen molar-refractivity contribution in [2.24, 2.45) is 29.6 Å². The number of rotatable bonds is 5. The van der Waals surface area contributed by atoms with Gasteiger partial charge in [0.25, 0.3) is 0 Å². The second-order valence-electron chi connectivity index (χ2n) is 6.20. The lowest BCUT2D eigenvalue weighted by Crippen LogP contribution is -2.53. The summed E-state index contributed by atoms with van der Waals surface area (Å²) in [5, 5.41) is 9.25. The van der Waals surface area contributed by atoms with Crippen LogP contribution in [0.3, 0.4) is 0 Å². The molecule has 112 valence electrons. The Labute approximate surface area is 118 Å². The molecule has 4 aliphatic rings. The highest BCUT2D eigenvalue weighted by Crippen LogP contribution is 2.58. The summed E-state index contributed by atoms with van der Waals surface area (Å²) in [4.78, 5) is 24.4. The van der Waals surface area contributed by atoms with Gasteiger partial charge in [-0.2, -0.15) is 0 Å². The molecule has 0 spiro atoms. The molecule has 0 radical (unpaired) electrons. The first-order valence-electron chi connectivity index (χ1n) is 7.67. The molecule has 1 saturated heterocycles. The number of aliphatic hydroxyl groups excluding tert-OH is 1. The maximum Gasteiger partial charge on any atom is 0.310 e. The molecule has 0 aromatic carbocycles. The highest BCUT2D eigenvalue weighted by Gasteiger charge is 2.64. The Morgan fingerprint density at radius 1 is 1.40 bits per heavy atom. The normalized spacial score (nSPS) is 41.6. The monoisotopic (exact) mass is 282 g/mol. The molecule has 1 N–H and O–H groups in total. The van der Waals surface area contributed by atoms with Gasteiger partial charge in [-0.25, -0.2) is 0 Å². The smallest absolute Gasteiger partial charge is 0.310 e. The third kappa shape index (κ3) is 1.94. The summed E-state index contributed by atoms with van der Waals surface area (Å²) >= 11 is 0. The molecule has 3 aliphatic carbocycles. The van der Waals surface area contributed by atoms with Crippen LogP contribution in [-0.2, 0) is 19.1 Å². The fraction of sp³-hybridized carbons (Fsp3) is 0.867. The quantitative estimate of drug-likeness (QED) is 0.765. The highest BCUT2D eigenvalue weighted by molar-refractivity contribution is 5.85. The van der Waals surface area contributed by atoms with Crippen molar-refractivity contribution in [3.63, 3.8) is 0 Å². The van der Waals surface area contributed by atoms with Crippen molar-refractivity contribution in [2.75, 3.05) is 13.2 Å². The molecule has 5 heteroatoms. The standard InChI is InChI=1S/C15H22O5/c1-2-7-19-14(17)11-8-3-4-10-12(11)15(18)20-13(10)9(8)5-6-16/h8-13,16H,2-7H2,1H3. The molecule has 20 heavy (non-hydrogen) atoms. The van der Waals surface area contributed by atoms with Crippen LogP contribution in [0.4, 0.5) is 0 Å². The van der Waals surface area contributed by atoms with Crippen LogP contribution in [0.15, 0.2) is 0 Å². The van der Waals surface area contributed by atoms with Crippen molar-refractivity contribution in [2.45, 2.75) is 38.7 Å². The van der Waals surface area contributed by atoms with Crippen molar-refractivity contribution < 1.29 is 24.2 Å². The molecule has 3 saturated carbocycles. The van der Waals surface area contributed by atoms with E-state index < -0.39 is 0 Å². The summed E-state index contributed by atoms with van der Waals surface area (Å²) in [6.45, 7) is 2.43. The average Bonchev–Trinajstić information content (AvgIpc) is 2.74. The molecule has 6 atom stereocenters. The second kappa shape index (κ2) is 5.35. The minimum Gasteiger partial charge on any atom is -0.465 e. The molecule has 5 nitrogen and oxygen atoms in total. The van der Waals surface area contributed by atoms with E-state index in [2.05, 4.69) is 0 Å². The summed E-state index contributed by atoms with van der Waals surface area (Å²) in [7, 11) is 0. The first-order chi connectivity index (χ1) is 9.69. The number of carbonyl (C=O) groups excluding carboxylic acids is 2. The molecule has 6 unspecified atom stereocenters. The van der Waals surface area contributed by atoms with Crippen molar-refractivity contribution >= 4 is 11.9 Å². The maximum absolute atomic E-state index is 12.3. The van der Waals surface area contributed by atoms with E-state index in [1.54, 1.807) is 0 Å². The van der Waals surface area contributed by atoms with Gasteiger partial charge in [-0.15, -0.1) is 0 Å². The van der Waals surface area contributed by atoms with Gasteiger partial charge < -0.3 is 14.6 Å². The van der Waals surface area contributed by atoms with E-state index in [4.69, 9.17) is 9.47 Å². The Bertz CT molecular complexity index is 407. The van der Waals surface area contributed by atoms with Gasteiger partial charge >= 0.3 is 11.9 Å². The topological polar surface area (TPSA) is 72.8 Å². The summed E-state index contributed by atoms with van der Waals surface area (Å²) in [6.07, 6.45) is 3.18. The fourth-order valence-corrected chi connectivity index (χ4v) is 4.54. The van der Waals surface area contributed by atoms with Gasteiger partial charge in [0, 0.05) is 18.4 Å². The SMILES string of the molecule is CCCOC(=O)C1C2CCC3C(OC(=O)C31)C2CCO. The van der Waals surface area contributed by atoms with E-state index in [9.17, 15) is 14.7 Å². The van der Waals surface area contributed by atoms with Gasteiger partial charge in [0.05, 0.1) is 18.4 Å². The van der Waals surface area contributed by atoms with Gasteiger partial charge in [0.1, 0.15) is 6.10 Å². The van der Waals surface area contributed by atoms with Crippen molar-refractivity contribution in [3.05, 3.63) is 0 Å². The molecule has 0 aromatic heterocycles. The van der Waals surface area contributed by atoms with Crippen LogP contribution in [0.5, 0.6) is 0 Å². The van der Waals surface area contributed by atoms with Crippen molar-refractivity contribution in [3.8, 4) is 0 Å². The number of carbonyl (C=O) groups is 2. The Balaban J connectivity index is 1.85. The van der Waals surface area contributed by atoms with Crippen LogP contribution in [0.25, 0.3) is 0 Å². The Morgan fingerprint density at radius 2 is 2.15 bits per heavy atom. The zero-order valence-electron chi connectivity index (χ0n) is 11.8. The number of esters is 2. The molecule has 4 rings (SSSR count). The fourth-order valence-electron chi connectivity index (χ4n) is 4.54. The lowest BCUT2D eigenvalue weighted by atomic mass is 9.54. The van der Waals surface area contributed by atoms with Crippen LogP contribution in [0.1, 0.15) is 32.6 Å². The van der Waals surface area contributed by atoms with Gasteiger partial charge in [0.2, 0.25) is 0 Å². The molecule has 1 heterocycles. The van der Waals surface area contributed by atoms with E-state index >= 15 is 0 Å². The Hall–Kier alpha value is -1.10. The van der Waals surface area contributed by atoms with E-state index in [0.29, 0.717) is 13.0 Å². The van der Waals surface area contributed by atoms with E-state index in [1.807, 2.05) is 6.92 Å².